The van der Waals surface area contributed by atoms with Crippen molar-refractivity contribution in [3.05, 3.63) is 35.9 Å². The van der Waals surface area contributed by atoms with E-state index in [1.807, 2.05) is 44.2 Å². The zero-order chi connectivity index (χ0) is 17.9. The third-order valence-corrected chi connectivity index (χ3v) is 3.63. The molecule has 0 saturated heterocycles. The van der Waals surface area contributed by atoms with Gasteiger partial charge in [-0.05, 0) is 18.4 Å². The average Bonchev–Trinajstić information content (AvgIpc) is 2.54. The Morgan fingerprint density at radius 1 is 0.958 bits per heavy atom. The van der Waals surface area contributed by atoms with Gasteiger partial charge in [0, 0.05) is 0 Å². The maximum atomic E-state index is 12.3. The normalized spacial score (nSPS) is 12.9. The molecule has 0 bridgehead atoms. The summed E-state index contributed by atoms with van der Waals surface area (Å²) in [7, 11) is 0. The number of carboxylic acids is 1. The molecule has 0 spiro atoms. The fourth-order valence-electron chi connectivity index (χ4n) is 2.40. The monoisotopic (exact) mass is 334 g/mol. The highest BCUT2D eigenvalue weighted by Crippen LogP contribution is 2.04. The topological polar surface area (TPSA) is 95.5 Å². The van der Waals surface area contributed by atoms with Crippen LogP contribution in [0.25, 0.3) is 0 Å². The number of hydrogen-bond donors (Lipinski definition) is 3. The fourth-order valence-corrected chi connectivity index (χ4v) is 2.40. The summed E-state index contributed by atoms with van der Waals surface area (Å²) in [5, 5.41) is 14.4. The number of carbonyl (C=O) groups is 3. The Balaban J connectivity index is 2.65. The molecule has 1 aromatic carbocycles. The average molecular weight is 334 g/mol. The lowest BCUT2D eigenvalue weighted by atomic mass is 10.1. The second kappa shape index (κ2) is 10.4. The molecule has 2 amide bonds. The van der Waals surface area contributed by atoms with Crippen LogP contribution in [-0.2, 0) is 20.8 Å². The number of carbonyl (C=O) groups excluding carboxylic acids is 2. The Kier molecular flexibility index (Phi) is 8.54. The quantitative estimate of drug-likeness (QED) is 0.609. The summed E-state index contributed by atoms with van der Waals surface area (Å²) in [6, 6.07) is 7.61. The van der Waals surface area contributed by atoms with Crippen LogP contribution < -0.4 is 10.6 Å². The van der Waals surface area contributed by atoms with E-state index in [2.05, 4.69) is 10.6 Å². The van der Waals surface area contributed by atoms with Crippen LogP contribution in [0.4, 0.5) is 0 Å². The lowest BCUT2D eigenvalue weighted by Crippen LogP contribution is -2.51. The molecular formula is C18H26N2O4. The van der Waals surface area contributed by atoms with Gasteiger partial charge in [0.1, 0.15) is 12.1 Å². The summed E-state index contributed by atoms with van der Waals surface area (Å²) in [6.45, 7) is 3.76. The SMILES string of the molecule is CCCC(NC(=O)C(CCC)NC(=O)Cc1ccccc1)C(=O)O. The summed E-state index contributed by atoms with van der Waals surface area (Å²) >= 11 is 0. The van der Waals surface area contributed by atoms with Crippen molar-refractivity contribution in [1.82, 2.24) is 10.6 Å². The highest BCUT2D eigenvalue weighted by atomic mass is 16.4. The van der Waals surface area contributed by atoms with Gasteiger partial charge in [0.15, 0.2) is 0 Å². The van der Waals surface area contributed by atoms with E-state index in [0.717, 1.165) is 5.56 Å². The van der Waals surface area contributed by atoms with Gasteiger partial charge in [0.25, 0.3) is 0 Å². The number of benzene rings is 1. The second-order valence-corrected chi connectivity index (χ2v) is 5.76. The minimum atomic E-state index is -1.06. The molecule has 24 heavy (non-hydrogen) atoms. The first-order valence-electron chi connectivity index (χ1n) is 8.34. The molecule has 1 rings (SSSR count). The van der Waals surface area contributed by atoms with Crippen molar-refractivity contribution in [1.29, 1.82) is 0 Å². The molecule has 0 fully saturated rings. The number of nitrogens with one attached hydrogen (secondary N) is 2. The van der Waals surface area contributed by atoms with Gasteiger partial charge in [-0.3, -0.25) is 9.59 Å². The van der Waals surface area contributed by atoms with E-state index < -0.39 is 24.0 Å². The molecule has 0 heterocycles. The smallest absolute Gasteiger partial charge is 0.326 e. The van der Waals surface area contributed by atoms with Gasteiger partial charge in [0.2, 0.25) is 11.8 Å². The molecule has 2 atom stereocenters. The summed E-state index contributed by atoms with van der Waals surface area (Å²) in [5.41, 5.74) is 0.861. The van der Waals surface area contributed by atoms with Gasteiger partial charge < -0.3 is 15.7 Å². The van der Waals surface area contributed by atoms with Crippen LogP contribution in [0.5, 0.6) is 0 Å². The molecular weight excluding hydrogens is 308 g/mol. The molecule has 132 valence electrons. The molecule has 0 aliphatic heterocycles. The van der Waals surface area contributed by atoms with Crippen molar-refractivity contribution >= 4 is 17.8 Å². The molecule has 1 aromatic rings. The zero-order valence-electron chi connectivity index (χ0n) is 14.2. The molecule has 2 unspecified atom stereocenters. The van der Waals surface area contributed by atoms with Crippen LogP contribution in [0.2, 0.25) is 0 Å². The van der Waals surface area contributed by atoms with Crippen molar-refractivity contribution in [2.75, 3.05) is 0 Å². The number of rotatable bonds is 10. The zero-order valence-corrected chi connectivity index (χ0v) is 14.2. The molecule has 0 aliphatic carbocycles. The van der Waals surface area contributed by atoms with Crippen LogP contribution in [0.15, 0.2) is 30.3 Å². The third-order valence-electron chi connectivity index (χ3n) is 3.63. The Morgan fingerprint density at radius 3 is 2.08 bits per heavy atom. The third kappa shape index (κ3) is 6.81. The van der Waals surface area contributed by atoms with E-state index in [1.54, 1.807) is 0 Å². The minimum Gasteiger partial charge on any atom is -0.480 e. The maximum Gasteiger partial charge on any atom is 0.326 e. The lowest BCUT2D eigenvalue weighted by Gasteiger charge is -2.21. The Morgan fingerprint density at radius 2 is 1.54 bits per heavy atom. The molecule has 3 N–H and O–H groups in total. The van der Waals surface area contributed by atoms with E-state index in [4.69, 9.17) is 5.11 Å². The van der Waals surface area contributed by atoms with Crippen molar-refractivity contribution in [3.63, 3.8) is 0 Å². The van der Waals surface area contributed by atoms with Crippen LogP contribution in [0.3, 0.4) is 0 Å². The summed E-state index contributed by atoms with van der Waals surface area (Å²) < 4.78 is 0. The molecule has 0 aromatic heterocycles. The summed E-state index contributed by atoms with van der Waals surface area (Å²) in [4.78, 5) is 35.6. The van der Waals surface area contributed by atoms with E-state index >= 15 is 0 Å². The minimum absolute atomic E-state index is 0.186. The molecule has 6 heteroatoms. The Hall–Kier alpha value is -2.37. The molecule has 0 radical (unpaired) electrons. The second-order valence-electron chi connectivity index (χ2n) is 5.76. The highest BCUT2D eigenvalue weighted by molar-refractivity contribution is 5.90. The van der Waals surface area contributed by atoms with Crippen molar-refractivity contribution in [2.24, 2.45) is 0 Å². The van der Waals surface area contributed by atoms with Crippen LogP contribution >= 0.6 is 0 Å². The first kappa shape index (κ1) is 19.7. The van der Waals surface area contributed by atoms with Crippen molar-refractivity contribution in [2.45, 2.75) is 58.0 Å². The Labute approximate surface area is 142 Å². The first-order chi connectivity index (χ1) is 11.5. The van der Waals surface area contributed by atoms with Crippen molar-refractivity contribution < 1.29 is 19.5 Å². The summed E-state index contributed by atoms with van der Waals surface area (Å²) in [6.07, 6.45) is 2.36. The lowest BCUT2D eigenvalue weighted by molar-refractivity contribution is -0.142. The molecule has 0 saturated carbocycles. The Bertz CT molecular complexity index is 545. The van der Waals surface area contributed by atoms with E-state index in [-0.39, 0.29) is 12.3 Å². The number of amides is 2. The standard InChI is InChI=1S/C18H26N2O4/c1-3-8-14(17(22)20-15(9-4-2)18(23)24)19-16(21)12-13-10-6-5-7-11-13/h5-7,10-11,14-15H,3-4,8-9,12H2,1-2H3,(H,19,21)(H,20,22)(H,23,24). The van der Waals surface area contributed by atoms with Gasteiger partial charge in [-0.15, -0.1) is 0 Å². The van der Waals surface area contributed by atoms with Gasteiger partial charge in [-0.1, -0.05) is 57.0 Å². The molecule has 6 nitrogen and oxygen atoms in total. The van der Waals surface area contributed by atoms with Gasteiger partial charge >= 0.3 is 5.97 Å². The summed E-state index contributed by atoms with van der Waals surface area (Å²) in [5.74, 6) is -1.76. The van der Waals surface area contributed by atoms with Gasteiger partial charge in [-0.2, -0.15) is 0 Å². The largest absolute Gasteiger partial charge is 0.480 e. The number of carboxylic acid groups (broad SMARTS) is 1. The number of hydrogen-bond acceptors (Lipinski definition) is 3. The number of aliphatic carboxylic acids is 1. The van der Waals surface area contributed by atoms with Gasteiger partial charge in [0.05, 0.1) is 6.42 Å². The predicted molar refractivity (Wildman–Crippen MR) is 91.5 cm³/mol. The van der Waals surface area contributed by atoms with E-state index in [9.17, 15) is 14.4 Å². The first-order valence-corrected chi connectivity index (χ1v) is 8.34. The van der Waals surface area contributed by atoms with Crippen LogP contribution in [0, 0.1) is 0 Å². The predicted octanol–water partition coefficient (Wildman–Crippen LogP) is 1.88. The van der Waals surface area contributed by atoms with Crippen molar-refractivity contribution in [3.8, 4) is 0 Å². The molecule has 0 aliphatic rings. The highest BCUT2D eigenvalue weighted by Gasteiger charge is 2.25. The van der Waals surface area contributed by atoms with Crippen LogP contribution in [-0.4, -0.2) is 35.0 Å². The van der Waals surface area contributed by atoms with E-state index in [1.165, 1.54) is 0 Å². The van der Waals surface area contributed by atoms with Gasteiger partial charge in [-0.25, -0.2) is 4.79 Å². The fraction of sp³-hybridized carbons (Fsp3) is 0.500. The van der Waals surface area contributed by atoms with E-state index in [0.29, 0.717) is 25.7 Å². The van der Waals surface area contributed by atoms with Crippen LogP contribution in [0.1, 0.15) is 45.1 Å². The maximum absolute atomic E-state index is 12.3.